The Bertz CT molecular complexity index is 407. The summed E-state index contributed by atoms with van der Waals surface area (Å²) in [6.07, 6.45) is 3.66. The highest BCUT2D eigenvalue weighted by atomic mass is 16.5. The summed E-state index contributed by atoms with van der Waals surface area (Å²) in [5, 5.41) is 3.78. The van der Waals surface area contributed by atoms with Crippen LogP contribution in [0.25, 0.3) is 0 Å². The first-order valence-electron chi connectivity index (χ1n) is 6.92. The lowest BCUT2D eigenvalue weighted by molar-refractivity contribution is 0.0102. The fourth-order valence-electron chi connectivity index (χ4n) is 2.95. The number of hydrogen-bond acceptors (Lipinski definition) is 3. The van der Waals surface area contributed by atoms with Crippen LogP contribution in [-0.4, -0.2) is 25.4 Å². The molecule has 1 aromatic rings. The van der Waals surface area contributed by atoms with Crippen molar-refractivity contribution in [2.45, 2.75) is 44.4 Å². The Morgan fingerprint density at radius 2 is 2.06 bits per heavy atom. The summed E-state index contributed by atoms with van der Waals surface area (Å²) in [5.74, 6) is 1.04. The topological polar surface area (TPSA) is 30.5 Å². The van der Waals surface area contributed by atoms with Crippen LogP contribution in [0.3, 0.4) is 0 Å². The van der Waals surface area contributed by atoms with E-state index in [1.165, 1.54) is 5.56 Å². The van der Waals surface area contributed by atoms with E-state index >= 15 is 0 Å². The SMILES string of the molecule is CC1CC(NC2CCOc3ccccc32)CCO1. The molecule has 3 rings (SSSR count). The van der Waals surface area contributed by atoms with Gasteiger partial charge in [-0.2, -0.15) is 0 Å². The second-order valence-electron chi connectivity index (χ2n) is 5.30. The number of hydrogen-bond donors (Lipinski definition) is 1. The molecule has 2 heterocycles. The Kier molecular flexibility index (Phi) is 3.52. The van der Waals surface area contributed by atoms with Gasteiger partial charge in [0.25, 0.3) is 0 Å². The van der Waals surface area contributed by atoms with E-state index in [1.54, 1.807) is 0 Å². The summed E-state index contributed by atoms with van der Waals surface area (Å²) in [5.41, 5.74) is 1.31. The van der Waals surface area contributed by atoms with Gasteiger partial charge in [-0.15, -0.1) is 0 Å². The van der Waals surface area contributed by atoms with E-state index in [4.69, 9.17) is 9.47 Å². The summed E-state index contributed by atoms with van der Waals surface area (Å²) < 4.78 is 11.3. The molecule has 1 fully saturated rings. The van der Waals surface area contributed by atoms with Crippen molar-refractivity contribution in [1.29, 1.82) is 0 Å². The summed E-state index contributed by atoms with van der Waals surface area (Å²) in [6, 6.07) is 9.38. The van der Waals surface area contributed by atoms with Crippen LogP contribution in [0.15, 0.2) is 24.3 Å². The molecule has 1 N–H and O–H groups in total. The van der Waals surface area contributed by atoms with Gasteiger partial charge in [0.1, 0.15) is 5.75 Å². The molecule has 0 aromatic heterocycles. The van der Waals surface area contributed by atoms with E-state index in [1.807, 2.05) is 6.07 Å². The molecule has 3 atom stereocenters. The molecule has 2 aliphatic rings. The van der Waals surface area contributed by atoms with Crippen molar-refractivity contribution in [3.05, 3.63) is 29.8 Å². The van der Waals surface area contributed by atoms with Gasteiger partial charge < -0.3 is 14.8 Å². The quantitative estimate of drug-likeness (QED) is 0.871. The van der Waals surface area contributed by atoms with E-state index in [2.05, 4.69) is 30.4 Å². The third kappa shape index (κ3) is 2.52. The Morgan fingerprint density at radius 3 is 2.94 bits per heavy atom. The largest absolute Gasteiger partial charge is 0.493 e. The van der Waals surface area contributed by atoms with Gasteiger partial charge in [0.05, 0.1) is 12.7 Å². The van der Waals surface area contributed by atoms with Crippen LogP contribution in [0, 0.1) is 0 Å². The summed E-state index contributed by atoms with van der Waals surface area (Å²) in [7, 11) is 0. The Labute approximate surface area is 108 Å². The highest BCUT2D eigenvalue weighted by molar-refractivity contribution is 5.37. The molecule has 3 nitrogen and oxygen atoms in total. The molecule has 1 aromatic carbocycles. The van der Waals surface area contributed by atoms with Crippen molar-refractivity contribution >= 4 is 0 Å². The lowest BCUT2D eigenvalue weighted by Gasteiger charge is -2.34. The monoisotopic (exact) mass is 247 g/mol. The molecule has 0 spiro atoms. The van der Waals surface area contributed by atoms with Crippen molar-refractivity contribution in [2.75, 3.05) is 13.2 Å². The summed E-state index contributed by atoms with van der Waals surface area (Å²) in [4.78, 5) is 0. The Hall–Kier alpha value is -1.06. The molecule has 0 saturated carbocycles. The van der Waals surface area contributed by atoms with Crippen molar-refractivity contribution in [2.24, 2.45) is 0 Å². The molecule has 0 bridgehead atoms. The predicted octanol–water partition coefficient (Wildman–Crippen LogP) is 2.67. The molecular weight excluding hydrogens is 226 g/mol. The van der Waals surface area contributed by atoms with Crippen LogP contribution in [0.2, 0.25) is 0 Å². The van der Waals surface area contributed by atoms with Gasteiger partial charge in [0.2, 0.25) is 0 Å². The van der Waals surface area contributed by atoms with Crippen LogP contribution >= 0.6 is 0 Å². The first kappa shape index (κ1) is 12.0. The van der Waals surface area contributed by atoms with Gasteiger partial charge in [-0.25, -0.2) is 0 Å². The minimum atomic E-state index is 0.381. The first-order valence-corrected chi connectivity index (χ1v) is 6.92. The number of ether oxygens (including phenoxy) is 2. The number of nitrogens with one attached hydrogen (secondary N) is 1. The second-order valence-corrected chi connectivity index (χ2v) is 5.30. The lowest BCUT2D eigenvalue weighted by Crippen LogP contribution is -2.41. The van der Waals surface area contributed by atoms with Gasteiger partial charge >= 0.3 is 0 Å². The molecule has 1 saturated heterocycles. The third-order valence-corrected chi connectivity index (χ3v) is 3.88. The van der Waals surface area contributed by atoms with E-state index < -0.39 is 0 Å². The maximum absolute atomic E-state index is 5.70. The minimum Gasteiger partial charge on any atom is -0.493 e. The van der Waals surface area contributed by atoms with Gasteiger partial charge in [0, 0.05) is 30.7 Å². The van der Waals surface area contributed by atoms with Crippen molar-refractivity contribution in [3.8, 4) is 5.75 Å². The van der Waals surface area contributed by atoms with E-state index in [9.17, 15) is 0 Å². The normalized spacial score (nSPS) is 31.5. The summed E-state index contributed by atoms with van der Waals surface area (Å²) >= 11 is 0. The van der Waals surface area contributed by atoms with Crippen molar-refractivity contribution in [3.63, 3.8) is 0 Å². The fourth-order valence-corrected chi connectivity index (χ4v) is 2.95. The molecule has 98 valence electrons. The molecule has 3 unspecified atom stereocenters. The molecule has 0 radical (unpaired) electrons. The zero-order valence-corrected chi connectivity index (χ0v) is 10.9. The lowest BCUT2D eigenvalue weighted by atomic mass is 9.97. The van der Waals surface area contributed by atoms with Crippen LogP contribution in [0.5, 0.6) is 5.75 Å². The number of fused-ring (bicyclic) bond motifs is 1. The van der Waals surface area contributed by atoms with Crippen LogP contribution < -0.4 is 10.1 Å². The average Bonchev–Trinajstić information content (AvgIpc) is 2.39. The van der Waals surface area contributed by atoms with E-state index in [0.29, 0.717) is 18.2 Å². The maximum Gasteiger partial charge on any atom is 0.124 e. The first-order chi connectivity index (χ1) is 8.83. The highest BCUT2D eigenvalue weighted by Crippen LogP contribution is 2.32. The molecule has 0 amide bonds. The third-order valence-electron chi connectivity index (χ3n) is 3.88. The molecule has 18 heavy (non-hydrogen) atoms. The maximum atomic E-state index is 5.70. The number of para-hydroxylation sites is 1. The second kappa shape index (κ2) is 5.29. The Balaban J connectivity index is 1.70. The zero-order valence-electron chi connectivity index (χ0n) is 10.9. The van der Waals surface area contributed by atoms with E-state index in [0.717, 1.165) is 38.2 Å². The van der Waals surface area contributed by atoms with Crippen LogP contribution in [0.1, 0.15) is 37.8 Å². The van der Waals surface area contributed by atoms with Gasteiger partial charge in [0.15, 0.2) is 0 Å². The van der Waals surface area contributed by atoms with E-state index in [-0.39, 0.29) is 0 Å². The molecule has 3 heteroatoms. The van der Waals surface area contributed by atoms with Crippen LogP contribution in [0.4, 0.5) is 0 Å². The van der Waals surface area contributed by atoms with Gasteiger partial charge in [-0.3, -0.25) is 0 Å². The predicted molar refractivity (Wildman–Crippen MR) is 70.9 cm³/mol. The highest BCUT2D eigenvalue weighted by Gasteiger charge is 2.26. The Morgan fingerprint density at radius 1 is 1.17 bits per heavy atom. The number of rotatable bonds is 2. The van der Waals surface area contributed by atoms with Gasteiger partial charge in [-0.05, 0) is 25.8 Å². The molecular formula is C15H21NO2. The molecule has 0 aliphatic carbocycles. The smallest absolute Gasteiger partial charge is 0.124 e. The van der Waals surface area contributed by atoms with Gasteiger partial charge in [-0.1, -0.05) is 18.2 Å². The zero-order chi connectivity index (χ0) is 12.4. The standard InChI is InChI=1S/C15H21NO2/c1-11-10-12(6-8-17-11)16-14-7-9-18-15-5-3-2-4-13(14)15/h2-5,11-12,14,16H,6-10H2,1H3. The fraction of sp³-hybridized carbons (Fsp3) is 0.600. The number of benzene rings is 1. The average molecular weight is 247 g/mol. The molecule has 2 aliphatic heterocycles. The van der Waals surface area contributed by atoms with Crippen LogP contribution in [-0.2, 0) is 4.74 Å². The van der Waals surface area contributed by atoms with Crippen molar-refractivity contribution in [1.82, 2.24) is 5.32 Å². The van der Waals surface area contributed by atoms with Crippen molar-refractivity contribution < 1.29 is 9.47 Å². The summed E-state index contributed by atoms with van der Waals surface area (Å²) in [6.45, 7) is 3.85. The minimum absolute atomic E-state index is 0.381.